The van der Waals surface area contributed by atoms with Gasteiger partial charge >= 0.3 is 0 Å². The van der Waals surface area contributed by atoms with E-state index in [0.717, 1.165) is 26.1 Å². The van der Waals surface area contributed by atoms with Crippen molar-refractivity contribution in [1.29, 1.82) is 0 Å². The molecule has 1 amide bonds. The van der Waals surface area contributed by atoms with E-state index in [1.807, 2.05) is 50.2 Å². The number of nitrogens with zero attached hydrogens (tertiary/aromatic N) is 1. The molecule has 3 aromatic carbocycles. The third kappa shape index (κ3) is 6.79. The molecule has 36 heavy (non-hydrogen) atoms. The second-order valence-electron chi connectivity index (χ2n) is 7.59. The number of aliphatic imine (C=N–C) groups is 1. The zero-order chi connectivity index (χ0) is 25.5. The Balaban J connectivity index is 1.52. The summed E-state index contributed by atoms with van der Waals surface area (Å²) in [6.45, 7) is 5.06. The van der Waals surface area contributed by atoms with Gasteiger partial charge in [-0.3, -0.25) is 4.79 Å². The van der Waals surface area contributed by atoms with Gasteiger partial charge in [0.25, 0.3) is 5.91 Å². The lowest BCUT2D eigenvalue weighted by atomic mass is 10.1. The molecule has 1 N–H and O–H groups in total. The first kappa shape index (κ1) is 26.0. The summed E-state index contributed by atoms with van der Waals surface area (Å²) in [7, 11) is 0. The van der Waals surface area contributed by atoms with Gasteiger partial charge in [-0.25, -0.2) is 9.38 Å². The molecule has 6 nitrogen and oxygen atoms in total. The summed E-state index contributed by atoms with van der Waals surface area (Å²) < 4.78 is 31.6. The van der Waals surface area contributed by atoms with Gasteiger partial charge in [0.2, 0.25) is 0 Å². The van der Waals surface area contributed by atoms with Crippen LogP contribution in [0.5, 0.6) is 17.2 Å². The predicted octanol–water partition coefficient (Wildman–Crippen LogP) is 6.70. The van der Waals surface area contributed by atoms with E-state index in [1.54, 1.807) is 18.2 Å². The van der Waals surface area contributed by atoms with Gasteiger partial charge in [0, 0.05) is 0 Å². The molecule has 1 aliphatic rings. The molecule has 1 aliphatic heterocycles. The maximum absolute atomic E-state index is 13.5. The fourth-order valence-electron chi connectivity index (χ4n) is 3.39. The molecular formula is C27H24FIN2O4S. The van der Waals surface area contributed by atoms with Crippen LogP contribution in [0.2, 0.25) is 0 Å². The molecule has 3 aromatic rings. The van der Waals surface area contributed by atoms with Crippen molar-refractivity contribution in [3.63, 3.8) is 0 Å². The Morgan fingerprint density at radius 2 is 1.81 bits per heavy atom. The minimum absolute atomic E-state index is 0.206. The minimum atomic E-state index is -0.310. The first-order chi connectivity index (χ1) is 17.4. The summed E-state index contributed by atoms with van der Waals surface area (Å²) in [6, 6.07) is 17.4. The maximum atomic E-state index is 13.5. The van der Waals surface area contributed by atoms with Crippen LogP contribution in [0.4, 0.5) is 10.1 Å². The van der Waals surface area contributed by atoms with Crippen molar-refractivity contribution in [3.8, 4) is 17.2 Å². The second-order valence-corrected chi connectivity index (χ2v) is 9.78. The molecule has 0 bridgehead atoms. The summed E-state index contributed by atoms with van der Waals surface area (Å²) in [4.78, 5) is 17.6. The zero-order valence-corrected chi connectivity index (χ0v) is 22.7. The number of carbonyl (C=O) groups excluding carboxylic acids is 1. The third-order valence-corrected chi connectivity index (χ3v) is 6.64. The van der Waals surface area contributed by atoms with Gasteiger partial charge in [-0.2, -0.15) is 0 Å². The second kappa shape index (κ2) is 12.3. The quantitative estimate of drug-likeness (QED) is 0.214. The van der Waals surface area contributed by atoms with E-state index in [4.69, 9.17) is 14.2 Å². The first-order valence-corrected chi connectivity index (χ1v) is 13.2. The lowest BCUT2D eigenvalue weighted by molar-refractivity contribution is -0.115. The van der Waals surface area contributed by atoms with Crippen molar-refractivity contribution in [3.05, 3.63) is 86.1 Å². The van der Waals surface area contributed by atoms with E-state index in [1.165, 1.54) is 23.9 Å². The van der Waals surface area contributed by atoms with Crippen molar-refractivity contribution in [2.45, 2.75) is 20.5 Å². The van der Waals surface area contributed by atoms with Gasteiger partial charge in [0.15, 0.2) is 16.7 Å². The molecule has 1 saturated heterocycles. The average Bonchev–Trinajstić information content (AvgIpc) is 3.18. The highest BCUT2D eigenvalue weighted by Gasteiger charge is 2.24. The highest BCUT2D eigenvalue weighted by atomic mass is 127. The average molecular weight is 618 g/mol. The van der Waals surface area contributed by atoms with Gasteiger partial charge in [-0.05, 0) is 114 Å². The van der Waals surface area contributed by atoms with Crippen LogP contribution in [0.15, 0.2) is 70.6 Å². The van der Waals surface area contributed by atoms with E-state index in [0.29, 0.717) is 34.8 Å². The zero-order valence-electron chi connectivity index (χ0n) is 19.7. The number of hydrogen-bond donors (Lipinski definition) is 1. The maximum Gasteiger partial charge on any atom is 0.264 e. The molecule has 0 aromatic heterocycles. The lowest BCUT2D eigenvalue weighted by Crippen LogP contribution is -2.19. The highest BCUT2D eigenvalue weighted by Crippen LogP contribution is 2.37. The topological polar surface area (TPSA) is 69.2 Å². The standard InChI is InChI=1S/C27H24FIN2O4S/c1-3-33-21-10-8-20(9-11-21)30-27-31-26(32)24(36-27)15-18-13-22(29)25(23(14-18)34-4-2)35-16-17-6-5-7-19(28)12-17/h5-15H,3-4,16H2,1-2H3,(H,30,31,32)/b24-15+. The SMILES string of the molecule is CCOc1ccc(N=C2NC(=O)/C(=C\c3cc(I)c(OCc4cccc(F)c4)c(OCC)c3)S2)cc1. The molecule has 9 heteroatoms. The van der Waals surface area contributed by atoms with Gasteiger partial charge < -0.3 is 19.5 Å². The summed E-state index contributed by atoms with van der Waals surface area (Å²) in [6.07, 6.45) is 1.79. The Bertz CT molecular complexity index is 1310. The van der Waals surface area contributed by atoms with E-state index < -0.39 is 0 Å². The number of benzene rings is 3. The summed E-state index contributed by atoms with van der Waals surface area (Å²) >= 11 is 3.44. The van der Waals surface area contributed by atoms with Crippen LogP contribution in [-0.4, -0.2) is 24.3 Å². The van der Waals surface area contributed by atoms with Crippen LogP contribution in [0.3, 0.4) is 0 Å². The van der Waals surface area contributed by atoms with Gasteiger partial charge in [0.05, 0.1) is 27.4 Å². The highest BCUT2D eigenvalue weighted by molar-refractivity contribution is 14.1. The number of nitrogens with one attached hydrogen (secondary N) is 1. The molecule has 0 spiro atoms. The van der Waals surface area contributed by atoms with Crippen LogP contribution >= 0.6 is 34.4 Å². The Kier molecular flexibility index (Phi) is 8.87. The van der Waals surface area contributed by atoms with Crippen molar-refractivity contribution in [1.82, 2.24) is 5.32 Å². The number of carbonyl (C=O) groups is 1. The van der Waals surface area contributed by atoms with Gasteiger partial charge in [-0.15, -0.1) is 0 Å². The Morgan fingerprint density at radius 3 is 2.53 bits per heavy atom. The minimum Gasteiger partial charge on any atom is -0.494 e. The van der Waals surface area contributed by atoms with E-state index in [9.17, 15) is 9.18 Å². The van der Waals surface area contributed by atoms with Crippen LogP contribution in [0, 0.1) is 9.39 Å². The van der Waals surface area contributed by atoms with E-state index in [2.05, 4.69) is 32.9 Å². The lowest BCUT2D eigenvalue weighted by Gasteiger charge is -2.15. The first-order valence-electron chi connectivity index (χ1n) is 11.3. The molecule has 1 fully saturated rings. The third-order valence-electron chi connectivity index (χ3n) is 4.93. The van der Waals surface area contributed by atoms with Crippen molar-refractivity contribution in [2.24, 2.45) is 4.99 Å². The largest absolute Gasteiger partial charge is 0.494 e. The summed E-state index contributed by atoms with van der Waals surface area (Å²) in [5.74, 6) is 1.37. The number of ether oxygens (including phenoxy) is 3. The number of halogens is 2. The van der Waals surface area contributed by atoms with E-state index in [-0.39, 0.29) is 18.3 Å². The molecule has 0 atom stereocenters. The van der Waals surface area contributed by atoms with E-state index >= 15 is 0 Å². The number of rotatable bonds is 9. The molecule has 0 radical (unpaired) electrons. The fourth-order valence-corrected chi connectivity index (χ4v) is 5.01. The van der Waals surface area contributed by atoms with Crippen molar-refractivity contribution < 1.29 is 23.4 Å². The molecule has 0 unspecified atom stereocenters. The van der Waals surface area contributed by atoms with Crippen molar-refractivity contribution in [2.75, 3.05) is 13.2 Å². The molecule has 0 aliphatic carbocycles. The number of amidine groups is 1. The molecule has 186 valence electrons. The normalized spacial score (nSPS) is 15.3. The molecule has 1 heterocycles. The fraction of sp³-hybridized carbons (Fsp3) is 0.185. The van der Waals surface area contributed by atoms with Crippen LogP contribution in [0.25, 0.3) is 6.08 Å². The number of hydrogen-bond acceptors (Lipinski definition) is 6. The summed E-state index contributed by atoms with van der Waals surface area (Å²) in [5.41, 5.74) is 2.23. The Labute approximate surface area is 227 Å². The van der Waals surface area contributed by atoms with Gasteiger partial charge in [0.1, 0.15) is 18.2 Å². The van der Waals surface area contributed by atoms with Gasteiger partial charge in [-0.1, -0.05) is 12.1 Å². The Morgan fingerprint density at radius 1 is 1.03 bits per heavy atom. The summed E-state index contributed by atoms with van der Waals surface area (Å²) in [5, 5.41) is 3.31. The van der Waals surface area contributed by atoms with Crippen LogP contribution in [0.1, 0.15) is 25.0 Å². The Hall–Kier alpha value is -3.05. The molecule has 4 rings (SSSR count). The van der Waals surface area contributed by atoms with Crippen LogP contribution < -0.4 is 19.5 Å². The molecular weight excluding hydrogens is 594 g/mol. The monoisotopic (exact) mass is 618 g/mol. The van der Waals surface area contributed by atoms with Crippen LogP contribution in [-0.2, 0) is 11.4 Å². The smallest absolute Gasteiger partial charge is 0.264 e. The molecule has 0 saturated carbocycles. The number of thioether (sulfide) groups is 1. The van der Waals surface area contributed by atoms with Crippen molar-refractivity contribution >= 4 is 57.2 Å². The number of amides is 1. The predicted molar refractivity (Wildman–Crippen MR) is 149 cm³/mol.